The molecule has 2 N–H and O–H groups in total. The molecule has 0 unspecified atom stereocenters. The third-order valence-corrected chi connectivity index (χ3v) is 2.27. The van der Waals surface area contributed by atoms with Gasteiger partial charge in [0.25, 0.3) is 0 Å². The van der Waals surface area contributed by atoms with Crippen molar-refractivity contribution in [3.05, 3.63) is 35.9 Å². The Balaban J connectivity index is 2.36. The number of nitrogens with zero attached hydrogens (tertiary/aromatic N) is 1. The Morgan fingerprint density at radius 2 is 2.08 bits per heavy atom. The van der Waals surface area contributed by atoms with Crippen LogP contribution in [0.5, 0.6) is 0 Å². The molecule has 0 fully saturated rings. The zero-order valence-electron chi connectivity index (χ0n) is 7.73. The smallest absolute Gasteiger partial charge is 0.153 e. The van der Waals surface area contributed by atoms with E-state index in [0.29, 0.717) is 5.17 Å². The normalized spacial score (nSPS) is 11.6. The zero-order chi connectivity index (χ0) is 9.52. The molecule has 1 aromatic rings. The Bertz CT molecular complexity index is 270. The highest BCUT2D eigenvalue weighted by atomic mass is 32.2. The summed E-state index contributed by atoms with van der Waals surface area (Å²) in [5.74, 6) is 0. The number of rotatable bonds is 3. The number of hydrogen-bond donors (Lipinski definition) is 1. The number of benzene rings is 1. The van der Waals surface area contributed by atoms with Gasteiger partial charge in [0.1, 0.15) is 0 Å². The van der Waals surface area contributed by atoms with Gasteiger partial charge in [0.05, 0.1) is 0 Å². The molecule has 0 radical (unpaired) electrons. The lowest BCUT2D eigenvalue weighted by Crippen LogP contribution is -2.06. The lowest BCUT2D eigenvalue weighted by Gasteiger charge is -1.97. The van der Waals surface area contributed by atoms with Gasteiger partial charge >= 0.3 is 0 Å². The molecular weight excluding hydrogens is 180 g/mol. The summed E-state index contributed by atoms with van der Waals surface area (Å²) in [7, 11) is 0. The molecule has 13 heavy (non-hydrogen) atoms. The average Bonchev–Trinajstić information content (AvgIpc) is 2.19. The van der Waals surface area contributed by atoms with Gasteiger partial charge in [0, 0.05) is 6.54 Å². The molecule has 0 aromatic heterocycles. The van der Waals surface area contributed by atoms with E-state index >= 15 is 0 Å². The van der Waals surface area contributed by atoms with Crippen molar-refractivity contribution in [2.75, 3.05) is 12.8 Å². The molecule has 0 saturated heterocycles. The van der Waals surface area contributed by atoms with Crippen LogP contribution in [0.25, 0.3) is 0 Å². The Morgan fingerprint density at radius 1 is 1.38 bits per heavy atom. The molecular formula is C10H14N2S. The van der Waals surface area contributed by atoms with E-state index in [9.17, 15) is 0 Å². The van der Waals surface area contributed by atoms with Crippen molar-refractivity contribution >= 4 is 16.9 Å². The first-order chi connectivity index (χ1) is 6.33. The highest BCUT2D eigenvalue weighted by Crippen LogP contribution is 2.00. The standard InChI is InChI=1S/C10H14N2S/c1-13-10(11)12-8-7-9-5-3-2-4-6-9/h2-6H,7-8H2,1H3,(H2,11,12). The second-order valence-corrected chi connectivity index (χ2v) is 3.49. The van der Waals surface area contributed by atoms with Crippen LogP contribution in [-0.4, -0.2) is 18.0 Å². The van der Waals surface area contributed by atoms with E-state index in [0.717, 1.165) is 13.0 Å². The Morgan fingerprint density at radius 3 is 2.69 bits per heavy atom. The minimum absolute atomic E-state index is 0.663. The second-order valence-electron chi connectivity index (χ2n) is 2.66. The first-order valence-electron chi connectivity index (χ1n) is 4.21. The maximum absolute atomic E-state index is 5.55. The highest BCUT2D eigenvalue weighted by molar-refractivity contribution is 8.13. The molecule has 1 rings (SSSR count). The van der Waals surface area contributed by atoms with Crippen molar-refractivity contribution < 1.29 is 0 Å². The van der Waals surface area contributed by atoms with Crippen LogP contribution < -0.4 is 5.73 Å². The number of hydrogen-bond acceptors (Lipinski definition) is 2. The second kappa shape index (κ2) is 5.65. The topological polar surface area (TPSA) is 38.4 Å². The van der Waals surface area contributed by atoms with E-state index in [4.69, 9.17) is 5.73 Å². The fourth-order valence-corrected chi connectivity index (χ4v) is 1.22. The summed E-state index contributed by atoms with van der Waals surface area (Å²) in [6, 6.07) is 10.3. The van der Waals surface area contributed by atoms with Gasteiger partial charge < -0.3 is 5.73 Å². The van der Waals surface area contributed by atoms with Crippen LogP contribution in [0.1, 0.15) is 5.56 Å². The number of thioether (sulfide) groups is 1. The molecule has 1 aromatic carbocycles. The molecule has 3 heteroatoms. The van der Waals surface area contributed by atoms with Crippen LogP contribution in [0.4, 0.5) is 0 Å². The molecule has 0 spiro atoms. The van der Waals surface area contributed by atoms with Gasteiger partial charge in [-0.05, 0) is 18.2 Å². The molecule has 0 amide bonds. The lowest BCUT2D eigenvalue weighted by molar-refractivity contribution is 0.970. The number of amidine groups is 1. The molecule has 0 heterocycles. The van der Waals surface area contributed by atoms with E-state index < -0.39 is 0 Å². The Kier molecular flexibility index (Phi) is 4.40. The van der Waals surface area contributed by atoms with Crippen molar-refractivity contribution in [1.29, 1.82) is 0 Å². The average molecular weight is 194 g/mol. The molecule has 0 aliphatic carbocycles. The van der Waals surface area contributed by atoms with Crippen LogP contribution in [-0.2, 0) is 6.42 Å². The first-order valence-corrected chi connectivity index (χ1v) is 5.43. The van der Waals surface area contributed by atoms with Crippen LogP contribution in [0.15, 0.2) is 35.3 Å². The van der Waals surface area contributed by atoms with Crippen molar-refractivity contribution in [1.82, 2.24) is 0 Å². The van der Waals surface area contributed by atoms with Gasteiger partial charge in [-0.25, -0.2) is 0 Å². The first kappa shape index (κ1) is 10.1. The minimum Gasteiger partial charge on any atom is -0.379 e. The third-order valence-electron chi connectivity index (χ3n) is 1.72. The van der Waals surface area contributed by atoms with E-state index in [2.05, 4.69) is 17.1 Å². The monoisotopic (exact) mass is 194 g/mol. The summed E-state index contributed by atoms with van der Waals surface area (Å²) in [6.45, 7) is 0.774. The summed E-state index contributed by atoms with van der Waals surface area (Å²) >= 11 is 1.49. The van der Waals surface area contributed by atoms with E-state index in [1.165, 1.54) is 17.3 Å². The van der Waals surface area contributed by atoms with E-state index in [1.807, 2.05) is 24.5 Å². The molecule has 0 aliphatic rings. The minimum atomic E-state index is 0.663. The van der Waals surface area contributed by atoms with Crippen LogP contribution in [0, 0.1) is 0 Å². The van der Waals surface area contributed by atoms with Crippen LogP contribution in [0.2, 0.25) is 0 Å². The number of nitrogens with two attached hydrogens (primary N) is 1. The predicted molar refractivity (Wildman–Crippen MR) is 60.2 cm³/mol. The quantitative estimate of drug-likeness (QED) is 0.589. The molecule has 0 atom stereocenters. The van der Waals surface area contributed by atoms with Crippen molar-refractivity contribution in [3.8, 4) is 0 Å². The van der Waals surface area contributed by atoms with Crippen LogP contribution >= 0.6 is 11.8 Å². The molecule has 0 aliphatic heterocycles. The van der Waals surface area contributed by atoms with Crippen molar-refractivity contribution in [2.24, 2.45) is 10.7 Å². The fourth-order valence-electron chi connectivity index (χ4n) is 1.00. The largest absolute Gasteiger partial charge is 0.379 e. The SMILES string of the molecule is CSC(N)=NCCc1ccccc1. The van der Waals surface area contributed by atoms with Gasteiger partial charge in [0.15, 0.2) is 5.17 Å². The predicted octanol–water partition coefficient (Wildman–Crippen LogP) is 1.91. The van der Waals surface area contributed by atoms with Gasteiger partial charge in [-0.2, -0.15) is 0 Å². The van der Waals surface area contributed by atoms with Gasteiger partial charge in [-0.15, -0.1) is 0 Å². The Labute approximate surface area is 83.2 Å². The highest BCUT2D eigenvalue weighted by Gasteiger charge is 1.90. The van der Waals surface area contributed by atoms with Crippen molar-refractivity contribution in [3.63, 3.8) is 0 Å². The van der Waals surface area contributed by atoms with Crippen molar-refractivity contribution in [2.45, 2.75) is 6.42 Å². The third kappa shape index (κ3) is 3.99. The van der Waals surface area contributed by atoms with E-state index in [-0.39, 0.29) is 0 Å². The molecule has 0 saturated carbocycles. The van der Waals surface area contributed by atoms with Gasteiger partial charge in [-0.3, -0.25) is 4.99 Å². The number of aliphatic imine (C=N–C) groups is 1. The molecule has 2 nitrogen and oxygen atoms in total. The van der Waals surface area contributed by atoms with E-state index in [1.54, 1.807) is 0 Å². The maximum atomic E-state index is 5.55. The molecule has 0 bridgehead atoms. The van der Waals surface area contributed by atoms with Crippen LogP contribution in [0.3, 0.4) is 0 Å². The summed E-state index contributed by atoms with van der Waals surface area (Å²) in [6.07, 6.45) is 2.89. The summed E-state index contributed by atoms with van der Waals surface area (Å²) in [5, 5.41) is 0.663. The summed E-state index contributed by atoms with van der Waals surface area (Å²) in [4.78, 5) is 4.20. The fraction of sp³-hybridized carbons (Fsp3) is 0.300. The molecule has 70 valence electrons. The Hall–Kier alpha value is -0.960. The summed E-state index contributed by atoms with van der Waals surface area (Å²) < 4.78 is 0. The maximum Gasteiger partial charge on any atom is 0.153 e. The lowest BCUT2D eigenvalue weighted by atomic mass is 10.2. The zero-order valence-corrected chi connectivity index (χ0v) is 8.55. The summed E-state index contributed by atoms with van der Waals surface area (Å²) in [5.41, 5.74) is 6.86. The van der Waals surface area contributed by atoms with Gasteiger partial charge in [0.2, 0.25) is 0 Å². The van der Waals surface area contributed by atoms with Gasteiger partial charge in [-0.1, -0.05) is 42.1 Å².